The summed E-state index contributed by atoms with van der Waals surface area (Å²) in [6.07, 6.45) is -1.73. The van der Waals surface area contributed by atoms with E-state index in [4.69, 9.17) is 4.74 Å². The molecule has 9 heteroatoms. The van der Waals surface area contributed by atoms with Crippen molar-refractivity contribution in [2.24, 2.45) is 5.92 Å². The van der Waals surface area contributed by atoms with Crippen LogP contribution in [0.25, 0.3) is 0 Å². The second-order valence-electron chi connectivity index (χ2n) is 8.58. The van der Waals surface area contributed by atoms with Crippen molar-refractivity contribution in [1.29, 1.82) is 0 Å². The molecular formula is C24H23F3N2O3S. The highest BCUT2D eigenvalue weighted by Gasteiger charge is 2.60. The fraction of sp³-hybridized carbons (Fsp3) is 0.417. The van der Waals surface area contributed by atoms with Gasteiger partial charge in [-0.05, 0) is 48.7 Å². The van der Waals surface area contributed by atoms with E-state index in [0.717, 1.165) is 31.4 Å². The number of carbonyl (C=O) groups is 2. The molecule has 2 fully saturated rings. The van der Waals surface area contributed by atoms with Crippen molar-refractivity contribution in [1.82, 2.24) is 4.90 Å². The number of thioether (sulfide) groups is 1. The Morgan fingerprint density at radius 3 is 2.52 bits per heavy atom. The Balaban J connectivity index is 1.53. The number of nitrogens with zero attached hydrogens (tertiary/aromatic N) is 2. The molecule has 2 aromatic rings. The van der Waals surface area contributed by atoms with E-state index in [1.165, 1.54) is 23.9 Å². The average Bonchev–Trinajstić information content (AvgIpc) is 3.29. The van der Waals surface area contributed by atoms with E-state index in [2.05, 4.69) is 0 Å². The first-order valence-electron chi connectivity index (χ1n) is 10.9. The Labute approximate surface area is 193 Å². The summed E-state index contributed by atoms with van der Waals surface area (Å²) in [7, 11) is 1.55. The minimum absolute atomic E-state index is 0.00440. The predicted octanol–water partition coefficient (Wildman–Crippen LogP) is 4.79. The lowest BCUT2D eigenvalue weighted by atomic mass is 9.84. The number of benzene rings is 2. The lowest BCUT2D eigenvalue weighted by Crippen LogP contribution is -2.52. The van der Waals surface area contributed by atoms with Gasteiger partial charge in [-0.15, -0.1) is 11.8 Å². The molecule has 1 unspecified atom stereocenters. The van der Waals surface area contributed by atoms with Crippen LogP contribution in [0, 0.1) is 5.92 Å². The summed E-state index contributed by atoms with van der Waals surface area (Å²) in [4.78, 5) is 29.4. The number of ether oxygens (including phenoxy) is 1. The van der Waals surface area contributed by atoms with Gasteiger partial charge in [-0.3, -0.25) is 9.59 Å². The van der Waals surface area contributed by atoms with Gasteiger partial charge in [0, 0.05) is 23.8 Å². The smallest absolute Gasteiger partial charge is 0.416 e. The van der Waals surface area contributed by atoms with Crippen LogP contribution in [0.4, 0.5) is 18.9 Å². The van der Waals surface area contributed by atoms with E-state index in [1.54, 1.807) is 35.1 Å². The fourth-order valence-corrected chi connectivity index (χ4v) is 6.22. The second kappa shape index (κ2) is 7.97. The van der Waals surface area contributed by atoms with Crippen LogP contribution in [0.2, 0.25) is 0 Å². The zero-order valence-electron chi connectivity index (χ0n) is 18.0. The molecule has 1 atom stereocenters. The third-order valence-electron chi connectivity index (χ3n) is 6.74. The van der Waals surface area contributed by atoms with Gasteiger partial charge >= 0.3 is 6.18 Å². The van der Waals surface area contributed by atoms with Crippen LogP contribution in [0.3, 0.4) is 0 Å². The highest BCUT2D eigenvalue weighted by molar-refractivity contribution is 8.01. The average molecular weight is 477 g/mol. The number of anilines is 1. The molecule has 174 valence electrons. The lowest BCUT2D eigenvalue weighted by molar-refractivity contribution is -0.145. The Bertz CT molecular complexity index is 1100. The Kier molecular flexibility index (Phi) is 5.34. The Morgan fingerprint density at radius 1 is 1.18 bits per heavy atom. The van der Waals surface area contributed by atoms with Gasteiger partial charge in [-0.2, -0.15) is 13.2 Å². The normalized spacial score (nSPS) is 22.6. The number of hydrogen-bond donors (Lipinski definition) is 0. The number of methoxy groups -OCH3 is 1. The number of halogens is 3. The van der Waals surface area contributed by atoms with Gasteiger partial charge in [0.25, 0.3) is 5.91 Å². The maximum absolute atomic E-state index is 14.0. The van der Waals surface area contributed by atoms with Crippen LogP contribution in [0.5, 0.6) is 5.75 Å². The molecule has 2 aliphatic heterocycles. The minimum atomic E-state index is -4.42. The molecule has 1 spiro atoms. The highest BCUT2D eigenvalue weighted by atomic mass is 32.2. The molecule has 33 heavy (non-hydrogen) atoms. The SMILES string of the molecule is COc1ccc2c(c1)C1(SCCN1C(=O)C1CCC1)C(=O)N2Cc1ccc(C(F)(F)F)cc1. The summed E-state index contributed by atoms with van der Waals surface area (Å²) in [5.41, 5.74) is 1.20. The number of hydrogen-bond acceptors (Lipinski definition) is 4. The molecule has 0 aromatic heterocycles. The van der Waals surface area contributed by atoms with Crippen LogP contribution < -0.4 is 9.64 Å². The quantitative estimate of drug-likeness (QED) is 0.637. The predicted molar refractivity (Wildman–Crippen MR) is 119 cm³/mol. The highest BCUT2D eigenvalue weighted by Crippen LogP contribution is 2.56. The first-order chi connectivity index (χ1) is 15.8. The van der Waals surface area contributed by atoms with Crippen molar-refractivity contribution in [2.45, 2.75) is 36.9 Å². The van der Waals surface area contributed by atoms with Gasteiger partial charge in [0.15, 0.2) is 4.87 Å². The van der Waals surface area contributed by atoms with Gasteiger partial charge in [-0.25, -0.2) is 0 Å². The zero-order chi connectivity index (χ0) is 23.4. The Morgan fingerprint density at radius 2 is 1.91 bits per heavy atom. The van der Waals surface area contributed by atoms with Crippen LogP contribution >= 0.6 is 11.8 Å². The molecular weight excluding hydrogens is 453 g/mol. The van der Waals surface area contributed by atoms with Crippen molar-refractivity contribution < 1.29 is 27.5 Å². The summed E-state index contributed by atoms with van der Waals surface area (Å²) in [6.45, 7) is 0.598. The second-order valence-corrected chi connectivity index (χ2v) is 9.87. The molecule has 2 amide bonds. The molecule has 5 rings (SSSR count). The summed E-state index contributed by atoms with van der Waals surface area (Å²) < 4.78 is 44.3. The van der Waals surface area contributed by atoms with Crippen LogP contribution in [-0.2, 0) is 27.2 Å². The van der Waals surface area contributed by atoms with Crippen LogP contribution in [0.15, 0.2) is 42.5 Å². The molecule has 2 heterocycles. The maximum atomic E-state index is 14.0. The summed E-state index contributed by atoms with van der Waals surface area (Å²) >= 11 is 1.44. The molecule has 0 radical (unpaired) electrons. The molecule has 0 N–H and O–H groups in total. The monoisotopic (exact) mass is 476 g/mol. The van der Waals surface area contributed by atoms with Crippen molar-refractivity contribution in [3.8, 4) is 5.75 Å². The van der Waals surface area contributed by atoms with E-state index >= 15 is 0 Å². The van der Waals surface area contributed by atoms with E-state index < -0.39 is 16.6 Å². The van der Waals surface area contributed by atoms with E-state index in [1.807, 2.05) is 0 Å². The molecule has 2 aromatic carbocycles. The number of carbonyl (C=O) groups excluding carboxylic acids is 2. The van der Waals surface area contributed by atoms with Crippen molar-refractivity contribution in [3.63, 3.8) is 0 Å². The summed E-state index contributed by atoms with van der Waals surface area (Å²) in [5.74, 6) is 0.937. The molecule has 1 saturated carbocycles. The van der Waals surface area contributed by atoms with E-state index in [0.29, 0.717) is 34.9 Å². The number of amides is 2. The summed E-state index contributed by atoms with van der Waals surface area (Å²) in [6, 6.07) is 10.2. The maximum Gasteiger partial charge on any atom is 0.416 e. The van der Waals surface area contributed by atoms with Gasteiger partial charge in [0.05, 0.1) is 24.9 Å². The van der Waals surface area contributed by atoms with Crippen molar-refractivity contribution in [3.05, 3.63) is 59.2 Å². The van der Waals surface area contributed by atoms with Gasteiger partial charge in [0.1, 0.15) is 5.75 Å². The molecule has 1 aliphatic carbocycles. The third kappa shape index (κ3) is 3.48. The first kappa shape index (κ1) is 22.1. The lowest BCUT2D eigenvalue weighted by Gasteiger charge is -2.37. The van der Waals surface area contributed by atoms with Crippen molar-refractivity contribution in [2.75, 3.05) is 24.3 Å². The Hall–Kier alpha value is -2.68. The van der Waals surface area contributed by atoms with Crippen molar-refractivity contribution >= 4 is 29.3 Å². The molecule has 0 bridgehead atoms. The topological polar surface area (TPSA) is 49.9 Å². The molecule has 3 aliphatic rings. The van der Waals surface area contributed by atoms with E-state index in [-0.39, 0.29) is 24.3 Å². The minimum Gasteiger partial charge on any atom is -0.497 e. The zero-order valence-corrected chi connectivity index (χ0v) is 18.8. The summed E-state index contributed by atoms with van der Waals surface area (Å²) in [5, 5.41) is 0. The van der Waals surface area contributed by atoms with E-state index in [9.17, 15) is 22.8 Å². The largest absolute Gasteiger partial charge is 0.497 e. The first-order valence-corrected chi connectivity index (χ1v) is 11.9. The van der Waals surface area contributed by atoms with Gasteiger partial charge in [-0.1, -0.05) is 18.6 Å². The molecule has 1 saturated heterocycles. The number of rotatable bonds is 4. The third-order valence-corrected chi connectivity index (χ3v) is 8.16. The van der Waals surface area contributed by atoms with Gasteiger partial charge < -0.3 is 14.5 Å². The van der Waals surface area contributed by atoms with Gasteiger partial charge in [0.2, 0.25) is 5.91 Å². The van der Waals surface area contributed by atoms with Crippen LogP contribution in [-0.4, -0.2) is 36.1 Å². The molecule has 5 nitrogen and oxygen atoms in total. The standard InChI is InChI=1S/C24H23F3N2O3S/c1-32-18-9-10-20-19(13-18)23(29(11-12-33-23)21(30)16-3-2-4-16)22(31)28(20)14-15-5-7-17(8-6-15)24(25,26)27/h5-10,13,16H,2-4,11-12,14H2,1H3. The number of fused-ring (bicyclic) bond motifs is 2. The fourth-order valence-electron chi connectivity index (χ4n) is 4.76. The number of alkyl halides is 3. The van der Waals surface area contributed by atoms with Crippen LogP contribution in [0.1, 0.15) is 36.0 Å².